The van der Waals surface area contributed by atoms with E-state index in [1.807, 2.05) is 13.0 Å². The zero-order valence-corrected chi connectivity index (χ0v) is 16.3. The summed E-state index contributed by atoms with van der Waals surface area (Å²) in [5.41, 5.74) is 6.06. The minimum Gasteiger partial charge on any atom is -0.369 e. The molecule has 2 aliphatic rings. The number of fused-ring (bicyclic) bond motifs is 1. The Balaban J connectivity index is 1.70. The molecule has 2 aromatic rings. The molecule has 135 valence electrons. The molecule has 1 aromatic carbocycles. The molecule has 1 saturated heterocycles. The number of thiazole rings is 1. The fourth-order valence-corrected chi connectivity index (χ4v) is 4.99. The highest BCUT2D eigenvalue weighted by molar-refractivity contribution is 7.15. The van der Waals surface area contributed by atoms with E-state index in [0.717, 1.165) is 15.4 Å². The molecule has 8 heteroatoms. The molecule has 0 spiro atoms. The number of benzene rings is 1. The molecular weight excluding hydrogens is 393 g/mol. The zero-order chi connectivity index (χ0) is 18.8. The van der Waals surface area contributed by atoms with Crippen molar-refractivity contribution < 1.29 is 9.59 Å². The zero-order valence-electron chi connectivity index (χ0n) is 14.0. The van der Waals surface area contributed by atoms with Crippen LogP contribution in [0.5, 0.6) is 0 Å². The molecule has 2 heterocycles. The molecule has 26 heavy (non-hydrogen) atoms. The largest absolute Gasteiger partial charge is 0.369 e. The Morgan fingerprint density at radius 2 is 2.12 bits per heavy atom. The van der Waals surface area contributed by atoms with Crippen molar-refractivity contribution in [1.82, 2.24) is 9.88 Å². The third-order valence-corrected chi connectivity index (χ3v) is 7.08. The molecule has 1 radical (unpaired) electrons. The van der Waals surface area contributed by atoms with E-state index in [1.54, 1.807) is 17.0 Å². The van der Waals surface area contributed by atoms with Crippen LogP contribution in [0.15, 0.2) is 18.2 Å². The lowest BCUT2D eigenvalue weighted by molar-refractivity contribution is -0.123. The van der Waals surface area contributed by atoms with Crippen molar-refractivity contribution in [3.8, 4) is 10.4 Å². The quantitative estimate of drug-likeness (QED) is 0.842. The Bertz CT molecular complexity index is 945. The maximum atomic E-state index is 13.2. The standard InChI is InChI=1S/C18H16Cl2N3O2S/c1-8-11-6-18(11,17(21)25)7-23(8)16(24)14-15(26-9(2)22-14)10-3-4-12(19)13(20)5-10/h3-5,8,11H,1,6-7H2,2H3,(H2,21,25)/t8-,11+,18-/m0/s1. The smallest absolute Gasteiger partial charge is 0.274 e. The number of aromatic nitrogens is 1. The van der Waals surface area contributed by atoms with Gasteiger partial charge in [-0.2, -0.15) is 0 Å². The Labute approximate surface area is 165 Å². The average Bonchev–Trinajstić information content (AvgIpc) is 3.10. The van der Waals surface area contributed by atoms with Crippen molar-refractivity contribution in [2.24, 2.45) is 17.1 Å². The number of aryl methyl sites for hydroxylation is 1. The maximum absolute atomic E-state index is 13.2. The van der Waals surface area contributed by atoms with Gasteiger partial charge >= 0.3 is 0 Å². The fraction of sp³-hybridized carbons (Fsp3) is 0.333. The van der Waals surface area contributed by atoms with E-state index >= 15 is 0 Å². The highest BCUT2D eigenvalue weighted by Crippen LogP contribution is 2.60. The number of hydrogen-bond donors (Lipinski definition) is 1. The van der Waals surface area contributed by atoms with Gasteiger partial charge in [-0.15, -0.1) is 11.3 Å². The molecule has 1 saturated carbocycles. The summed E-state index contributed by atoms with van der Waals surface area (Å²) in [6.45, 7) is 6.23. The van der Waals surface area contributed by atoms with E-state index in [0.29, 0.717) is 28.7 Å². The number of nitrogens with zero attached hydrogens (tertiary/aromatic N) is 2. The number of carbonyl (C=O) groups excluding carboxylic acids is 2. The van der Waals surface area contributed by atoms with E-state index < -0.39 is 5.41 Å². The Morgan fingerprint density at radius 1 is 1.38 bits per heavy atom. The second-order valence-electron chi connectivity index (χ2n) is 6.87. The number of rotatable bonds is 3. The molecule has 1 aliphatic heterocycles. The van der Waals surface area contributed by atoms with Crippen molar-refractivity contribution in [1.29, 1.82) is 0 Å². The normalized spacial score (nSPS) is 26.7. The summed E-state index contributed by atoms with van der Waals surface area (Å²) < 4.78 is 0. The van der Waals surface area contributed by atoms with Crippen molar-refractivity contribution in [3.05, 3.63) is 45.9 Å². The number of nitrogens with two attached hydrogens (primary N) is 1. The van der Waals surface area contributed by atoms with Crippen LogP contribution in [0.2, 0.25) is 10.0 Å². The molecule has 1 aliphatic carbocycles. The van der Waals surface area contributed by atoms with E-state index in [4.69, 9.17) is 28.9 Å². The van der Waals surface area contributed by atoms with Crippen molar-refractivity contribution >= 4 is 46.4 Å². The first kappa shape index (κ1) is 17.8. The molecule has 3 atom stereocenters. The molecule has 0 unspecified atom stereocenters. The topological polar surface area (TPSA) is 76.3 Å². The van der Waals surface area contributed by atoms with Gasteiger partial charge in [-0.25, -0.2) is 4.98 Å². The van der Waals surface area contributed by atoms with Crippen LogP contribution in [0, 0.1) is 25.2 Å². The SMILES string of the molecule is [CH2][C@H]1[C@H]2C[C@]2(C(N)=O)CN1C(=O)c1nc(C)sc1-c1ccc(Cl)c(Cl)c1. The van der Waals surface area contributed by atoms with Crippen LogP contribution < -0.4 is 5.73 Å². The van der Waals surface area contributed by atoms with Gasteiger partial charge in [-0.05, 0) is 43.9 Å². The lowest BCUT2D eigenvalue weighted by atomic mass is 10.1. The van der Waals surface area contributed by atoms with Crippen LogP contribution in [-0.4, -0.2) is 34.3 Å². The van der Waals surface area contributed by atoms with Gasteiger partial charge in [0.2, 0.25) is 5.91 Å². The van der Waals surface area contributed by atoms with Crippen LogP contribution in [-0.2, 0) is 4.79 Å². The van der Waals surface area contributed by atoms with Gasteiger partial charge < -0.3 is 10.6 Å². The summed E-state index contributed by atoms with van der Waals surface area (Å²) in [6, 6.07) is 4.95. The van der Waals surface area contributed by atoms with Gasteiger partial charge in [0.05, 0.1) is 25.3 Å². The highest BCUT2D eigenvalue weighted by Gasteiger charge is 2.68. The predicted molar refractivity (Wildman–Crippen MR) is 102 cm³/mol. The molecule has 5 nitrogen and oxygen atoms in total. The first-order valence-electron chi connectivity index (χ1n) is 8.11. The number of piperidine rings is 1. The molecule has 2 fully saturated rings. The number of hydrogen-bond acceptors (Lipinski definition) is 4. The second kappa shape index (κ2) is 5.94. The summed E-state index contributed by atoms with van der Waals surface area (Å²) >= 11 is 13.5. The van der Waals surface area contributed by atoms with Crippen molar-refractivity contribution in [2.75, 3.05) is 6.54 Å². The van der Waals surface area contributed by atoms with Crippen LogP contribution in [0.3, 0.4) is 0 Å². The Kier molecular flexibility index (Phi) is 4.06. The molecule has 2 N–H and O–H groups in total. The summed E-state index contributed by atoms with van der Waals surface area (Å²) in [7, 11) is 0. The average molecular weight is 409 g/mol. The van der Waals surface area contributed by atoms with E-state index in [9.17, 15) is 9.59 Å². The number of carbonyl (C=O) groups is 2. The summed E-state index contributed by atoms with van der Waals surface area (Å²) in [5.74, 6) is -0.550. The monoisotopic (exact) mass is 408 g/mol. The third-order valence-electron chi connectivity index (χ3n) is 5.32. The third kappa shape index (κ3) is 2.54. The Hall–Kier alpha value is -1.63. The van der Waals surface area contributed by atoms with Gasteiger partial charge in [-0.1, -0.05) is 29.3 Å². The minimum atomic E-state index is -0.614. The first-order valence-corrected chi connectivity index (χ1v) is 9.68. The highest BCUT2D eigenvalue weighted by atomic mass is 35.5. The van der Waals surface area contributed by atoms with Crippen molar-refractivity contribution in [3.63, 3.8) is 0 Å². The van der Waals surface area contributed by atoms with E-state index in [2.05, 4.69) is 11.9 Å². The summed E-state index contributed by atoms with van der Waals surface area (Å²) in [6.07, 6.45) is 0.704. The van der Waals surface area contributed by atoms with E-state index in [-0.39, 0.29) is 23.8 Å². The second-order valence-corrected chi connectivity index (χ2v) is 8.89. The van der Waals surface area contributed by atoms with Gasteiger partial charge in [0, 0.05) is 12.6 Å². The van der Waals surface area contributed by atoms with Crippen LogP contribution in [0.25, 0.3) is 10.4 Å². The number of halogens is 2. The van der Waals surface area contributed by atoms with Crippen LogP contribution >= 0.6 is 34.5 Å². The maximum Gasteiger partial charge on any atom is 0.274 e. The van der Waals surface area contributed by atoms with Gasteiger partial charge in [0.25, 0.3) is 5.91 Å². The Morgan fingerprint density at radius 3 is 2.73 bits per heavy atom. The van der Waals surface area contributed by atoms with Gasteiger partial charge in [-0.3, -0.25) is 9.59 Å². The number of amides is 2. The van der Waals surface area contributed by atoms with Crippen LogP contribution in [0.1, 0.15) is 21.9 Å². The predicted octanol–water partition coefficient (Wildman–Crippen LogP) is 3.58. The van der Waals surface area contributed by atoms with Gasteiger partial charge in [0.1, 0.15) is 5.69 Å². The fourth-order valence-electron chi connectivity index (χ4n) is 3.78. The van der Waals surface area contributed by atoms with Gasteiger partial charge in [0.15, 0.2) is 0 Å². The van der Waals surface area contributed by atoms with E-state index in [1.165, 1.54) is 11.3 Å². The molecular formula is C18H16Cl2N3O2S. The molecule has 4 rings (SSSR count). The minimum absolute atomic E-state index is 0.0390. The lowest BCUT2D eigenvalue weighted by Crippen LogP contribution is -2.39. The van der Waals surface area contributed by atoms with Crippen molar-refractivity contribution in [2.45, 2.75) is 19.4 Å². The summed E-state index contributed by atoms with van der Waals surface area (Å²) in [5, 5.41) is 1.63. The number of likely N-dealkylation sites (tertiary alicyclic amines) is 1. The molecule has 1 aromatic heterocycles. The summed E-state index contributed by atoms with van der Waals surface area (Å²) in [4.78, 5) is 31.7. The lowest BCUT2D eigenvalue weighted by Gasteiger charge is -2.24. The molecule has 0 bridgehead atoms. The number of primary amides is 1. The molecule has 2 amide bonds. The first-order chi connectivity index (χ1) is 12.2. The van der Waals surface area contributed by atoms with Crippen LogP contribution in [0.4, 0.5) is 0 Å².